The highest BCUT2D eigenvalue weighted by atomic mass is 16.3. The first-order valence-corrected chi connectivity index (χ1v) is 10.7. The van der Waals surface area contributed by atoms with Crippen molar-refractivity contribution < 1.29 is 18.5 Å². The van der Waals surface area contributed by atoms with Crippen LogP contribution in [0, 0.1) is 5.92 Å². The average Bonchev–Trinajstić information content (AvgIpc) is 3.43. The Morgan fingerprint density at radius 3 is 2.13 bits per heavy atom. The standard InChI is InChI=1S/C24H29N3O3/c1-19-10-12-27(13-11-19)21-8-6-20(7-9-21)25-24(28)18-26(16-22-4-2-14-29-22)17-23-5-3-15-30-23/h2-9,14-15,19H,10-13,16-18H2,1H3,(H,25,28)/p+1. The van der Waals surface area contributed by atoms with Crippen molar-refractivity contribution in [2.24, 2.45) is 5.92 Å². The van der Waals surface area contributed by atoms with E-state index in [1.165, 1.54) is 18.5 Å². The molecule has 1 aromatic carbocycles. The van der Waals surface area contributed by atoms with Crippen LogP contribution < -0.4 is 15.1 Å². The molecule has 30 heavy (non-hydrogen) atoms. The molecular weight excluding hydrogens is 378 g/mol. The Labute approximate surface area is 177 Å². The van der Waals surface area contributed by atoms with Crippen molar-refractivity contribution >= 4 is 17.3 Å². The number of benzene rings is 1. The molecule has 2 N–H and O–H groups in total. The van der Waals surface area contributed by atoms with Crippen LogP contribution in [0.1, 0.15) is 31.3 Å². The third-order valence-corrected chi connectivity index (χ3v) is 5.72. The monoisotopic (exact) mass is 408 g/mol. The number of furan rings is 2. The second-order valence-electron chi connectivity index (χ2n) is 8.20. The van der Waals surface area contributed by atoms with E-state index < -0.39 is 0 Å². The number of nitrogens with one attached hydrogen (secondary N) is 2. The Morgan fingerprint density at radius 1 is 1.00 bits per heavy atom. The first kappa shape index (κ1) is 20.3. The van der Waals surface area contributed by atoms with Crippen LogP contribution in [0.3, 0.4) is 0 Å². The van der Waals surface area contributed by atoms with Crippen molar-refractivity contribution in [1.82, 2.24) is 0 Å². The summed E-state index contributed by atoms with van der Waals surface area (Å²) in [5.41, 5.74) is 2.05. The Morgan fingerprint density at radius 2 is 1.60 bits per heavy atom. The van der Waals surface area contributed by atoms with Gasteiger partial charge in [0.1, 0.15) is 13.1 Å². The number of quaternary nitrogens is 1. The van der Waals surface area contributed by atoms with Crippen LogP contribution in [0.2, 0.25) is 0 Å². The summed E-state index contributed by atoms with van der Waals surface area (Å²) in [6.07, 6.45) is 5.79. The molecule has 1 fully saturated rings. The number of carbonyl (C=O) groups is 1. The van der Waals surface area contributed by atoms with Crippen molar-refractivity contribution in [1.29, 1.82) is 0 Å². The van der Waals surface area contributed by atoms with Gasteiger partial charge in [0.15, 0.2) is 18.1 Å². The summed E-state index contributed by atoms with van der Waals surface area (Å²) >= 11 is 0. The summed E-state index contributed by atoms with van der Waals surface area (Å²) in [5, 5.41) is 3.03. The van der Waals surface area contributed by atoms with Gasteiger partial charge in [-0.25, -0.2) is 0 Å². The van der Waals surface area contributed by atoms with E-state index in [0.29, 0.717) is 19.6 Å². The van der Waals surface area contributed by atoms with E-state index in [1.807, 2.05) is 36.4 Å². The molecule has 1 aliphatic heterocycles. The Kier molecular flexibility index (Phi) is 6.54. The molecule has 0 aliphatic carbocycles. The molecule has 1 saturated heterocycles. The molecule has 6 heteroatoms. The number of amides is 1. The summed E-state index contributed by atoms with van der Waals surface area (Å²) in [6.45, 7) is 6.09. The molecule has 4 rings (SSSR count). The highest BCUT2D eigenvalue weighted by molar-refractivity contribution is 5.91. The number of carbonyl (C=O) groups excluding carboxylic acids is 1. The van der Waals surface area contributed by atoms with Gasteiger partial charge in [-0.3, -0.25) is 4.79 Å². The van der Waals surface area contributed by atoms with E-state index in [4.69, 9.17) is 8.83 Å². The smallest absolute Gasteiger partial charge is 0.279 e. The molecule has 0 saturated carbocycles. The molecule has 0 bridgehead atoms. The molecule has 158 valence electrons. The number of piperidine rings is 1. The van der Waals surface area contributed by atoms with Crippen molar-refractivity contribution in [3.8, 4) is 0 Å². The largest absolute Gasteiger partial charge is 0.463 e. The zero-order chi connectivity index (χ0) is 20.8. The van der Waals surface area contributed by atoms with Gasteiger partial charge in [0.05, 0.1) is 12.5 Å². The van der Waals surface area contributed by atoms with Gasteiger partial charge in [-0.15, -0.1) is 0 Å². The molecule has 0 atom stereocenters. The fourth-order valence-corrected chi connectivity index (χ4v) is 3.96. The lowest BCUT2D eigenvalue weighted by atomic mass is 9.99. The normalized spacial score (nSPS) is 14.9. The average molecular weight is 409 g/mol. The van der Waals surface area contributed by atoms with Crippen molar-refractivity contribution in [3.63, 3.8) is 0 Å². The van der Waals surface area contributed by atoms with E-state index in [9.17, 15) is 4.79 Å². The molecule has 1 amide bonds. The van der Waals surface area contributed by atoms with Gasteiger partial charge in [0, 0.05) is 24.5 Å². The highest BCUT2D eigenvalue weighted by Crippen LogP contribution is 2.24. The van der Waals surface area contributed by atoms with Crippen LogP contribution >= 0.6 is 0 Å². The van der Waals surface area contributed by atoms with Crippen LogP contribution in [-0.4, -0.2) is 25.5 Å². The molecule has 0 spiro atoms. The number of nitrogens with zero attached hydrogens (tertiary/aromatic N) is 1. The van der Waals surface area contributed by atoms with Gasteiger partial charge < -0.3 is 24.0 Å². The predicted molar refractivity (Wildman–Crippen MR) is 116 cm³/mol. The molecule has 2 aromatic heterocycles. The number of hydrogen-bond donors (Lipinski definition) is 2. The Balaban J connectivity index is 1.34. The maximum absolute atomic E-state index is 12.7. The van der Waals surface area contributed by atoms with E-state index >= 15 is 0 Å². The lowest BCUT2D eigenvalue weighted by molar-refractivity contribution is -0.921. The minimum Gasteiger partial charge on any atom is -0.463 e. The topological polar surface area (TPSA) is 63.1 Å². The van der Waals surface area contributed by atoms with Crippen LogP contribution in [0.4, 0.5) is 11.4 Å². The third-order valence-electron chi connectivity index (χ3n) is 5.72. The van der Waals surface area contributed by atoms with Gasteiger partial charge in [-0.05, 0) is 67.3 Å². The number of anilines is 2. The molecular formula is C24H30N3O3+. The molecule has 0 radical (unpaired) electrons. The van der Waals surface area contributed by atoms with E-state index in [1.54, 1.807) is 12.5 Å². The predicted octanol–water partition coefficient (Wildman–Crippen LogP) is 3.33. The number of hydrogen-bond acceptors (Lipinski definition) is 4. The second kappa shape index (κ2) is 9.67. The minimum atomic E-state index is -0.0253. The summed E-state index contributed by atoms with van der Waals surface area (Å²) < 4.78 is 10.9. The lowest BCUT2D eigenvalue weighted by Crippen LogP contribution is -3.10. The number of rotatable bonds is 8. The maximum Gasteiger partial charge on any atom is 0.279 e. The minimum absolute atomic E-state index is 0.0253. The van der Waals surface area contributed by atoms with Crippen molar-refractivity contribution in [2.75, 3.05) is 29.9 Å². The third kappa shape index (κ3) is 5.54. The Bertz CT molecular complexity index is 860. The van der Waals surface area contributed by atoms with Crippen LogP contribution in [-0.2, 0) is 17.9 Å². The van der Waals surface area contributed by atoms with Crippen molar-refractivity contribution in [3.05, 3.63) is 72.6 Å². The van der Waals surface area contributed by atoms with E-state index in [-0.39, 0.29) is 5.91 Å². The molecule has 1 aliphatic rings. The van der Waals surface area contributed by atoms with Crippen LogP contribution in [0.15, 0.2) is 69.9 Å². The molecule has 0 unspecified atom stereocenters. The summed E-state index contributed by atoms with van der Waals surface area (Å²) in [5.74, 6) is 2.49. The van der Waals surface area contributed by atoms with E-state index in [0.717, 1.165) is 41.1 Å². The first-order chi connectivity index (χ1) is 14.7. The summed E-state index contributed by atoms with van der Waals surface area (Å²) in [6, 6.07) is 15.8. The highest BCUT2D eigenvalue weighted by Gasteiger charge is 2.19. The quantitative estimate of drug-likeness (QED) is 0.600. The molecule has 6 nitrogen and oxygen atoms in total. The SMILES string of the molecule is CC1CCN(c2ccc(NC(=O)C[NH+](Cc3ccco3)Cc3ccco3)cc2)CC1. The zero-order valence-electron chi connectivity index (χ0n) is 17.5. The van der Waals surface area contributed by atoms with Gasteiger partial charge in [0.2, 0.25) is 0 Å². The van der Waals surface area contributed by atoms with Gasteiger partial charge in [-0.1, -0.05) is 6.92 Å². The molecule has 3 aromatic rings. The van der Waals surface area contributed by atoms with Gasteiger partial charge in [0.25, 0.3) is 5.91 Å². The first-order valence-electron chi connectivity index (χ1n) is 10.7. The van der Waals surface area contributed by atoms with Gasteiger partial charge >= 0.3 is 0 Å². The lowest BCUT2D eigenvalue weighted by Gasteiger charge is -2.32. The fourth-order valence-electron chi connectivity index (χ4n) is 3.96. The van der Waals surface area contributed by atoms with Crippen LogP contribution in [0.5, 0.6) is 0 Å². The zero-order valence-corrected chi connectivity index (χ0v) is 17.5. The summed E-state index contributed by atoms with van der Waals surface area (Å²) in [7, 11) is 0. The summed E-state index contributed by atoms with van der Waals surface area (Å²) in [4.78, 5) is 16.2. The fraction of sp³-hybridized carbons (Fsp3) is 0.375. The van der Waals surface area contributed by atoms with E-state index in [2.05, 4.69) is 29.3 Å². The second-order valence-corrected chi connectivity index (χ2v) is 8.20. The maximum atomic E-state index is 12.7. The van der Waals surface area contributed by atoms with Crippen LogP contribution in [0.25, 0.3) is 0 Å². The van der Waals surface area contributed by atoms with Gasteiger partial charge in [-0.2, -0.15) is 0 Å². The molecule has 3 heterocycles. The van der Waals surface area contributed by atoms with Crippen molar-refractivity contribution in [2.45, 2.75) is 32.9 Å². The Hall–Kier alpha value is -2.99.